The van der Waals surface area contributed by atoms with E-state index in [0.29, 0.717) is 6.07 Å². The molecule has 1 aromatic carbocycles. The number of halogens is 2. The quantitative estimate of drug-likeness (QED) is 0.618. The van der Waals surface area contributed by atoms with Crippen molar-refractivity contribution in [3.8, 4) is 5.75 Å². The summed E-state index contributed by atoms with van der Waals surface area (Å²) in [6.45, 7) is 0.368. The van der Waals surface area contributed by atoms with Gasteiger partial charge in [0.15, 0.2) is 11.6 Å². The zero-order valence-electron chi connectivity index (χ0n) is 7.22. The molecule has 0 radical (unpaired) electrons. The van der Waals surface area contributed by atoms with Crippen molar-refractivity contribution in [2.45, 2.75) is 5.60 Å². The van der Waals surface area contributed by atoms with Gasteiger partial charge in [-0.15, -0.1) is 0 Å². The lowest BCUT2D eigenvalue weighted by Gasteiger charge is -2.38. The van der Waals surface area contributed by atoms with Crippen LogP contribution >= 0.6 is 0 Å². The fourth-order valence-corrected chi connectivity index (χ4v) is 1.47. The van der Waals surface area contributed by atoms with Gasteiger partial charge in [-0.3, -0.25) is 0 Å². The highest BCUT2D eigenvalue weighted by molar-refractivity contribution is 5.40. The summed E-state index contributed by atoms with van der Waals surface area (Å²) in [6, 6.07) is 1.52. The van der Waals surface area contributed by atoms with Crippen LogP contribution in [0.2, 0.25) is 0 Å². The molecule has 1 saturated heterocycles. The first kappa shape index (κ1) is 9.36. The molecule has 1 aromatic rings. The van der Waals surface area contributed by atoms with Gasteiger partial charge in [-0.25, -0.2) is 8.78 Å². The van der Waals surface area contributed by atoms with Crippen LogP contribution in [0.5, 0.6) is 5.75 Å². The van der Waals surface area contributed by atoms with Crippen LogP contribution in [0.15, 0.2) is 12.1 Å². The summed E-state index contributed by atoms with van der Waals surface area (Å²) in [4.78, 5) is 0. The SMILES string of the molecule is Oc1c(F)cc(F)cc1C1(O)CNC1. The Hall–Kier alpha value is -1.20. The van der Waals surface area contributed by atoms with Crippen molar-refractivity contribution >= 4 is 0 Å². The summed E-state index contributed by atoms with van der Waals surface area (Å²) in [7, 11) is 0. The van der Waals surface area contributed by atoms with Crippen molar-refractivity contribution in [3.05, 3.63) is 29.3 Å². The van der Waals surface area contributed by atoms with Gasteiger partial charge in [0.05, 0.1) is 0 Å². The number of aromatic hydroxyl groups is 1. The molecule has 5 heteroatoms. The van der Waals surface area contributed by atoms with Gasteiger partial charge in [0.2, 0.25) is 0 Å². The van der Waals surface area contributed by atoms with E-state index in [0.717, 1.165) is 6.07 Å². The summed E-state index contributed by atoms with van der Waals surface area (Å²) in [5.41, 5.74) is -1.46. The average molecular weight is 201 g/mol. The molecule has 0 amide bonds. The molecule has 1 heterocycles. The second-order valence-electron chi connectivity index (χ2n) is 3.42. The molecule has 1 fully saturated rings. The van der Waals surface area contributed by atoms with Gasteiger partial charge in [0.1, 0.15) is 11.4 Å². The third-order valence-corrected chi connectivity index (χ3v) is 2.36. The van der Waals surface area contributed by atoms with Crippen LogP contribution in [0, 0.1) is 11.6 Å². The largest absolute Gasteiger partial charge is 0.505 e. The Kier molecular flexibility index (Phi) is 1.94. The second kappa shape index (κ2) is 2.90. The van der Waals surface area contributed by atoms with E-state index in [1.807, 2.05) is 0 Å². The summed E-state index contributed by atoms with van der Waals surface area (Å²) in [6.07, 6.45) is 0. The van der Waals surface area contributed by atoms with Crippen LogP contribution in [0.4, 0.5) is 8.78 Å². The molecule has 0 aliphatic carbocycles. The zero-order valence-corrected chi connectivity index (χ0v) is 7.22. The predicted molar refractivity (Wildman–Crippen MR) is 44.8 cm³/mol. The number of hydrogen-bond acceptors (Lipinski definition) is 3. The Morgan fingerprint density at radius 2 is 1.93 bits per heavy atom. The maximum absolute atomic E-state index is 12.9. The van der Waals surface area contributed by atoms with E-state index in [2.05, 4.69) is 5.32 Å². The Balaban J connectivity index is 2.51. The Morgan fingerprint density at radius 3 is 2.43 bits per heavy atom. The van der Waals surface area contributed by atoms with Gasteiger partial charge in [-0.1, -0.05) is 0 Å². The Labute approximate surface area is 79.0 Å². The van der Waals surface area contributed by atoms with Gasteiger partial charge in [0, 0.05) is 24.7 Å². The van der Waals surface area contributed by atoms with Crippen molar-refractivity contribution in [1.29, 1.82) is 0 Å². The van der Waals surface area contributed by atoms with E-state index < -0.39 is 23.0 Å². The predicted octanol–water partition coefficient (Wildman–Crippen LogP) is 0.461. The van der Waals surface area contributed by atoms with Crippen molar-refractivity contribution in [1.82, 2.24) is 5.32 Å². The van der Waals surface area contributed by atoms with Gasteiger partial charge in [0.25, 0.3) is 0 Å². The molecule has 76 valence electrons. The number of benzene rings is 1. The Bertz CT molecular complexity index is 377. The van der Waals surface area contributed by atoms with Crippen LogP contribution in [-0.2, 0) is 5.60 Å². The normalized spacial score (nSPS) is 19.1. The molecule has 0 aromatic heterocycles. The number of β-amino-alcohol motifs (C(OH)–C–C–N with tert-alkyl or cyclic N) is 1. The third-order valence-electron chi connectivity index (χ3n) is 2.36. The van der Waals surface area contributed by atoms with E-state index in [9.17, 15) is 19.0 Å². The van der Waals surface area contributed by atoms with Crippen LogP contribution < -0.4 is 5.32 Å². The highest BCUT2D eigenvalue weighted by Crippen LogP contribution is 2.34. The number of nitrogens with one attached hydrogen (secondary N) is 1. The van der Waals surface area contributed by atoms with Crippen LogP contribution in [-0.4, -0.2) is 23.3 Å². The fourth-order valence-electron chi connectivity index (χ4n) is 1.47. The van der Waals surface area contributed by atoms with Gasteiger partial charge >= 0.3 is 0 Å². The number of phenols is 1. The molecule has 14 heavy (non-hydrogen) atoms. The summed E-state index contributed by atoms with van der Waals surface area (Å²) < 4.78 is 25.7. The van der Waals surface area contributed by atoms with Crippen molar-refractivity contribution < 1.29 is 19.0 Å². The maximum Gasteiger partial charge on any atom is 0.168 e. The maximum atomic E-state index is 12.9. The zero-order chi connectivity index (χ0) is 10.3. The smallest absolute Gasteiger partial charge is 0.168 e. The standard InChI is InChI=1S/C9H9F2NO2/c10-5-1-6(8(13)7(11)2-5)9(14)3-12-4-9/h1-2,12-14H,3-4H2. The topological polar surface area (TPSA) is 52.5 Å². The van der Waals surface area contributed by atoms with Crippen LogP contribution in [0.1, 0.15) is 5.56 Å². The summed E-state index contributed by atoms with van der Waals surface area (Å²) in [5.74, 6) is -2.55. The van der Waals surface area contributed by atoms with Crippen LogP contribution in [0.25, 0.3) is 0 Å². The molecule has 3 N–H and O–H groups in total. The lowest BCUT2D eigenvalue weighted by molar-refractivity contribution is -0.0171. The van der Waals surface area contributed by atoms with Gasteiger partial charge in [-0.05, 0) is 6.07 Å². The minimum absolute atomic E-state index is 0.103. The number of phenolic OH excluding ortho intramolecular Hbond substituents is 1. The molecular weight excluding hydrogens is 192 g/mol. The van der Waals surface area contributed by atoms with Crippen molar-refractivity contribution in [2.75, 3.05) is 13.1 Å². The summed E-state index contributed by atoms with van der Waals surface area (Å²) >= 11 is 0. The number of rotatable bonds is 1. The second-order valence-corrected chi connectivity index (χ2v) is 3.42. The highest BCUT2D eigenvalue weighted by Gasteiger charge is 2.39. The fraction of sp³-hybridized carbons (Fsp3) is 0.333. The van der Waals surface area contributed by atoms with Crippen LogP contribution in [0.3, 0.4) is 0 Å². The lowest BCUT2D eigenvalue weighted by atomic mass is 9.87. The van der Waals surface area contributed by atoms with E-state index in [1.54, 1.807) is 0 Å². The van der Waals surface area contributed by atoms with E-state index >= 15 is 0 Å². The molecule has 1 aliphatic rings. The van der Waals surface area contributed by atoms with Crippen molar-refractivity contribution in [2.24, 2.45) is 0 Å². The molecule has 0 bridgehead atoms. The first-order valence-corrected chi connectivity index (χ1v) is 4.14. The van der Waals surface area contributed by atoms with Crippen molar-refractivity contribution in [3.63, 3.8) is 0 Å². The third kappa shape index (κ3) is 1.25. The average Bonchev–Trinajstić information content (AvgIpc) is 2.07. The summed E-state index contributed by atoms with van der Waals surface area (Å²) in [5, 5.41) is 21.8. The monoisotopic (exact) mass is 201 g/mol. The highest BCUT2D eigenvalue weighted by atomic mass is 19.1. The molecule has 0 unspecified atom stereocenters. The minimum Gasteiger partial charge on any atom is -0.505 e. The molecule has 3 nitrogen and oxygen atoms in total. The molecule has 1 aliphatic heterocycles. The van der Waals surface area contributed by atoms with E-state index in [4.69, 9.17) is 0 Å². The lowest BCUT2D eigenvalue weighted by Crippen LogP contribution is -2.56. The van der Waals surface area contributed by atoms with E-state index in [1.165, 1.54) is 0 Å². The first-order chi connectivity index (χ1) is 6.53. The molecule has 0 spiro atoms. The molecule has 2 rings (SSSR count). The van der Waals surface area contributed by atoms with Gasteiger partial charge in [-0.2, -0.15) is 0 Å². The van der Waals surface area contributed by atoms with E-state index in [-0.39, 0.29) is 18.7 Å². The van der Waals surface area contributed by atoms with Gasteiger partial charge < -0.3 is 15.5 Å². The molecular formula is C9H9F2NO2. The Morgan fingerprint density at radius 1 is 1.29 bits per heavy atom. The molecule has 0 saturated carbocycles. The molecule has 0 atom stereocenters. The first-order valence-electron chi connectivity index (χ1n) is 4.14. The minimum atomic E-state index is -1.35. The number of hydrogen-bond donors (Lipinski definition) is 3. The number of aliphatic hydroxyl groups is 1.